The van der Waals surface area contributed by atoms with Crippen LogP contribution in [0.3, 0.4) is 0 Å². The Kier molecular flexibility index (Phi) is 6.28. The molecule has 1 aliphatic heterocycles. The number of imidazole rings is 1. The summed E-state index contributed by atoms with van der Waals surface area (Å²) in [6.07, 6.45) is 4.99. The maximum Gasteiger partial charge on any atom is 0.410 e. The third-order valence-electron chi connectivity index (χ3n) is 4.96. The third-order valence-corrected chi connectivity index (χ3v) is 5.83. The van der Waals surface area contributed by atoms with Crippen LogP contribution in [0.2, 0.25) is 0 Å². The van der Waals surface area contributed by atoms with Gasteiger partial charge in [-0.3, -0.25) is 9.59 Å². The van der Waals surface area contributed by atoms with Crippen molar-refractivity contribution in [3.63, 3.8) is 0 Å². The third kappa shape index (κ3) is 5.28. The molecule has 1 atom stereocenters. The molecule has 4 rings (SSSR count). The van der Waals surface area contributed by atoms with E-state index in [2.05, 4.69) is 20.3 Å². The van der Waals surface area contributed by atoms with Crippen LogP contribution in [0.5, 0.6) is 0 Å². The van der Waals surface area contributed by atoms with Gasteiger partial charge in [-0.05, 0) is 38.3 Å². The zero-order valence-electron chi connectivity index (χ0n) is 18.6. The van der Waals surface area contributed by atoms with E-state index < -0.39 is 5.60 Å². The molecule has 2 amide bonds. The minimum absolute atomic E-state index is 0.0507. The highest BCUT2D eigenvalue weighted by Gasteiger charge is 2.26. The van der Waals surface area contributed by atoms with Gasteiger partial charge < -0.3 is 19.9 Å². The van der Waals surface area contributed by atoms with Crippen LogP contribution >= 0.6 is 11.3 Å². The maximum absolute atomic E-state index is 12.9. The molecule has 0 unspecified atom stereocenters. The highest BCUT2D eigenvalue weighted by Crippen LogP contribution is 2.19. The fraction of sp³-hybridized carbons (Fsp3) is 0.348. The molecule has 172 valence electrons. The van der Waals surface area contributed by atoms with Crippen LogP contribution in [0.25, 0.3) is 11.2 Å². The van der Waals surface area contributed by atoms with E-state index in [1.807, 2.05) is 38.3 Å². The van der Waals surface area contributed by atoms with E-state index in [0.29, 0.717) is 41.2 Å². The molecule has 9 nitrogen and oxygen atoms in total. The minimum atomic E-state index is -0.567. The molecule has 0 fully saturated rings. The Morgan fingerprint density at radius 3 is 2.85 bits per heavy atom. The topological polar surface area (TPSA) is 117 Å². The highest BCUT2D eigenvalue weighted by atomic mass is 32.1. The number of fused-ring (bicyclic) bond motifs is 1. The van der Waals surface area contributed by atoms with E-state index in [1.54, 1.807) is 23.1 Å². The number of aromatic nitrogens is 3. The number of pyridine rings is 1. The number of carbonyl (C=O) groups is 3. The standard InChI is InChI=1S/C23H25N5O4S/c1-23(2,3)32-22(31)28-10-4-6-14(13-28)12-25-21(30)15-8-9-24-19-17(15)26-20(27-19)18(29)16-7-5-11-33-16/h4-9,11,14H,10,12-13H2,1-3H3,(H,25,30)(H,24,26,27)/t14-/m0/s1. The SMILES string of the molecule is CC(C)(C)OC(=O)N1CC=C[C@@H](CNC(=O)c2ccnc3nc(C(=O)c4cccs4)[nH]c23)C1. The molecule has 4 heterocycles. The smallest absolute Gasteiger partial charge is 0.410 e. The lowest BCUT2D eigenvalue weighted by Crippen LogP contribution is -2.43. The number of nitrogens with zero attached hydrogens (tertiary/aromatic N) is 3. The summed E-state index contributed by atoms with van der Waals surface area (Å²) in [5.41, 5.74) is 0.491. The monoisotopic (exact) mass is 467 g/mol. The van der Waals surface area contributed by atoms with Crippen molar-refractivity contribution in [3.8, 4) is 0 Å². The first-order chi connectivity index (χ1) is 15.7. The molecule has 0 saturated heterocycles. The number of thiophene rings is 1. The van der Waals surface area contributed by atoms with Gasteiger partial charge in [-0.15, -0.1) is 11.3 Å². The maximum atomic E-state index is 12.9. The van der Waals surface area contributed by atoms with Gasteiger partial charge in [0.05, 0.1) is 16.0 Å². The van der Waals surface area contributed by atoms with Crippen LogP contribution in [0.1, 0.15) is 46.6 Å². The molecule has 1 aliphatic rings. The molecular weight excluding hydrogens is 442 g/mol. The van der Waals surface area contributed by atoms with Crippen molar-refractivity contribution < 1.29 is 19.1 Å². The van der Waals surface area contributed by atoms with Gasteiger partial charge in [0, 0.05) is 31.7 Å². The van der Waals surface area contributed by atoms with E-state index in [-0.39, 0.29) is 29.5 Å². The average molecular weight is 468 g/mol. The number of hydrogen-bond acceptors (Lipinski definition) is 7. The number of aromatic amines is 1. The second-order valence-corrected chi connectivity index (χ2v) is 9.68. The predicted molar refractivity (Wildman–Crippen MR) is 124 cm³/mol. The summed E-state index contributed by atoms with van der Waals surface area (Å²) in [6.45, 7) is 6.74. The van der Waals surface area contributed by atoms with Crippen molar-refractivity contribution in [1.29, 1.82) is 0 Å². The lowest BCUT2D eigenvalue weighted by Gasteiger charge is -2.31. The summed E-state index contributed by atoms with van der Waals surface area (Å²) < 4.78 is 5.44. The largest absolute Gasteiger partial charge is 0.444 e. The first-order valence-corrected chi connectivity index (χ1v) is 11.4. The number of ether oxygens (including phenoxy) is 1. The van der Waals surface area contributed by atoms with Gasteiger partial charge in [-0.25, -0.2) is 14.8 Å². The summed E-state index contributed by atoms with van der Waals surface area (Å²) in [4.78, 5) is 51.4. The number of hydrogen-bond donors (Lipinski definition) is 2. The number of carbonyl (C=O) groups excluding carboxylic acids is 3. The van der Waals surface area contributed by atoms with Crippen molar-refractivity contribution in [2.24, 2.45) is 5.92 Å². The fourth-order valence-corrected chi connectivity index (χ4v) is 4.12. The molecule has 33 heavy (non-hydrogen) atoms. The van der Waals surface area contributed by atoms with E-state index in [9.17, 15) is 14.4 Å². The number of amides is 2. The Balaban J connectivity index is 1.43. The molecule has 0 aliphatic carbocycles. The van der Waals surface area contributed by atoms with Crippen LogP contribution in [0.4, 0.5) is 4.79 Å². The number of nitrogens with one attached hydrogen (secondary N) is 2. The Labute approximate surface area is 194 Å². The van der Waals surface area contributed by atoms with Crippen molar-refractivity contribution in [3.05, 3.63) is 58.2 Å². The molecule has 0 spiro atoms. The van der Waals surface area contributed by atoms with E-state index >= 15 is 0 Å². The molecule has 10 heteroatoms. The fourth-order valence-electron chi connectivity index (χ4n) is 3.46. The molecule has 0 bridgehead atoms. The van der Waals surface area contributed by atoms with Gasteiger partial charge in [0.25, 0.3) is 5.91 Å². The van der Waals surface area contributed by atoms with Crippen LogP contribution in [0.15, 0.2) is 41.9 Å². The highest BCUT2D eigenvalue weighted by molar-refractivity contribution is 7.12. The summed E-state index contributed by atoms with van der Waals surface area (Å²) >= 11 is 1.32. The first kappa shape index (κ1) is 22.7. The van der Waals surface area contributed by atoms with Crippen molar-refractivity contribution in [1.82, 2.24) is 25.2 Å². The second-order valence-electron chi connectivity index (χ2n) is 8.73. The number of ketones is 1. The Morgan fingerprint density at radius 1 is 1.30 bits per heavy atom. The normalized spacial score (nSPS) is 16.1. The molecule has 3 aromatic heterocycles. The minimum Gasteiger partial charge on any atom is -0.444 e. The molecular formula is C23H25N5O4S. The lowest BCUT2D eigenvalue weighted by atomic mass is 10.1. The zero-order chi connectivity index (χ0) is 23.6. The quantitative estimate of drug-likeness (QED) is 0.439. The second kappa shape index (κ2) is 9.14. The Bertz CT molecular complexity index is 1210. The lowest BCUT2D eigenvalue weighted by molar-refractivity contribution is 0.0245. The van der Waals surface area contributed by atoms with Crippen LogP contribution in [0, 0.1) is 5.92 Å². The van der Waals surface area contributed by atoms with Gasteiger partial charge in [0.1, 0.15) is 5.60 Å². The Hall–Kier alpha value is -3.53. The van der Waals surface area contributed by atoms with Crippen molar-refractivity contribution >= 4 is 40.3 Å². The number of H-pyrrole nitrogens is 1. The summed E-state index contributed by atoms with van der Waals surface area (Å²) in [7, 11) is 0. The van der Waals surface area contributed by atoms with Crippen LogP contribution in [-0.2, 0) is 4.74 Å². The molecule has 0 saturated carbocycles. The van der Waals surface area contributed by atoms with E-state index in [1.165, 1.54) is 17.5 Å². The van der Waals surface area contributed by atoms with Crippen molar-refractivity contribution in [2.75, 3.05) is 19.6 Å². The van der Waals surface area contributed by atoms with Gasteiger partial charge >= 0.3 is 6.09 Å². The Morgan fingerprint density at radius 2 is 2.12 bits per heavy atom. The van der Waals surface area contributed by atoms with Gasteiger partial charge in [-0.2, -0.15) is 0 Å². The molecule has 2 N–H and O–H groups in total. The van der Waals surface area contributed by atoms with Gasteiger partial charge in [0.15, 0.2) is 11.5 Å². The zero-order valence-corrected chi connectivity index (χ0v) is 19.4. The average Bonchev–Trinajstić information content (AvgIpc) is 3.46. The number of rotatable bonds is 5. The molecule has 0 aromatic carbocycles. The van der Waals surface area contributed by atoms with Crippen LogP contribution < -0.4 is 5.32 Å². The van der Waals surface area contributed by atoms with Crippen molar-refractivity contribution in [2.45, 2.75) is 26.4 Å². The summed E-state index contributed by atoms with van der Waals surface area (Å²) in [5, 5.41) is 4.72. The van der Waals surface area contributed by atoms with E-state index in [4.69, 9.17) is 4.74 Å². The van der Waals surface area contributed by atoms with Gasteiger partial charge in [-0.1, -0.05) is 18.2 Å². The first-order valence-electron chi connectivity index (χ1n) is 10.6. The van der Waals surface area contributed by atoms with Crippen LogP contribution in [-0.4, -0.2) is 62.9 Å². The summed E-state index contributed by atoms with van der Waals surface area (Å²) in [5.74, 6) is -0.471. The molecule has 0 radical (unpaired) electrons. The van der Waals surface area contributed by atoms with E-state index in [0.717, 1.165) is 0 Å². The summed E-state index contributed by atoms with van der Waals surface area (Å²) in [6, 6.07) is 5.10. The van der Waals surface area contributed by atoms with Gasteiger partial charge in [0.2, 0.25) is 5.78 Å². The molecule has 3 aromatic rings. The predicted octanol–water partition coefficient (Wildman–Crippen LogP) is 3.40.